The Morgan fingerprint density at radius 3 is 2.85 bits per heavy atom. The van der Waals surface area contributed by atoms with Crippen molar-refractivity contribution in [1.82, 2.24) is 10.6 Å². The third-order valence-corrected chi connectivity index (χ3v) is 6.28. The molecule has 2 aliphatic carbocycles. The number of rotatable bonds is 6. The van der Waals surface area contributed by atoms with Crippen molar-refractivity contribution in [1.29, 1.82) is 0 Å². The van der Waals surface area contributed by atoms with Crippen molar-refractivity contribution in [2.45, 2.75) is 64.1 Å². The molecular formula is C22H34N4O. The topological polar surface area (TPSA) is 82.7 Å². The minimum absolute atomic E-state index is 0.127. The summed E-state index contributed by atoms with van der Waals surface area (Å²) in [6, 6.07) is 0.271. The van der Waals surface area contributed by atoms with Crippen LogP contribution in [0.5, 0.6) is 0 Å². The van der Waals surface area contributed by atoms with E-state index in [1.54, 1.807) is 0 Å². The van der Waals surface area contributed by atoms with Crippen LogP contribution in [0.4, 0.5) is 0 Å². The van der Waals surface area contributed by atoms with Crippen molar-refractivity contribution in [3.8, 4) is 0 Å². The largest absolute Gasteiger partial charge is 0.388 e. The second-order valence-corrected chi connectivity index (χ2v) is 8.47. The SMILES string of the molecule is C=C(NC(C)C1=C=C(C)C=C1)C1CC(C2(O)CCNC2)CCC1/N=C(/C)N. The van der Waals surface area contributed by atoms with E-state index in [9.17, 15) is 5.11 Å². The molecule has 1 aliphatic heterocycles. The standard InChI is InChI=1S/C22H34N4O/c1-14-5-6-18(11-14)15(2)25-16(3)20-12-19(22(27)9-10-24-13-22)7-8-21(20)26-17(4)23/h5-6,15,19-21,24-25,27H,3,7-10,12-13H2,1-2,4H3,(H2,23,26). The average Bonchev–Trinajstić information content (AvgIpc) is 3.24. The molecule has 3 rings (SSSR count). The highest BCUT2D eigenvalue weighted by molar-refractivity contribution is 5.77. The first-order valence-electron chi connectivity index (χ1n) is 10.1. The van der Waals surface area contributed by atoms with Crippen LogP contribution in [0.25, 0.3) is 0 Å². The maximum Gasteiger partial charge on any atom is 0.0909 e. The highest BCUT2D eigenvalue weighted by Gasteiger charge is 2.44. The fraction of sp³-hybridized carbons (Fsp3) is 0.636. The molecule has 5 atom stereocenters. The summed E-state index contributed by atoms with van der Waals surface area (Å²) in [5.41, 5.74) is 12.0. The number of nitrogens with one attached hydrogen (secondary N) is 2. The van der Waals surface area contributed by atoms with Crippen LogP contribution in [0, 0.1) is 11.8 Å². The van der Waals surface area contributed by atoms with Crippen molar-refractivity contribution < 1.29 is 5.11 Å². The maximum absolute atomic E-state index is 11.1. The summed E-state index contributed by atoms with van der Waals surface area (Å²) in [6.45, 7) is 12.0. The van der Waals surface area contributed by atoms with E-state index in [0.29, 0.717) is 12.4 Å². The van der Waals surface area contributed by atoms with Crippen LogP contribution >= 0.6 is 0 Å². The van der Waals surface area contributed by atoms with Gasteiger partial charge in [-0.3, -0.25) is 4.99 Å². The van der Waals surface area contributed by atoms with Crippen molar-refractivity contribution in [2.24, 2.45) is 22.6 Å². The quantitative estimate of drug-likeness (QED) is 0.329. The lowest BCUT2D eigenvalue weighted by Gasteiger charge is -2.42. The molecule has 0 aromatic carbocycles. The Balaban J connectivity index is 1.74. The lowest BCUT2D eigenvalue weighted by molar-refractivity contribution is -0.0243. The van der Waals surface area contributed by atoms with E-state index < -0.39 is 5.60 Å². The zero-order valence-corrected chi connectivity index (χ0v) is 16.9. The summed E-state index contributed by atoms with van der Waals surface area (Å²) in [5, 5.41) is 18.0. The van der Waals surface area contributed by atoms with Crippen LogP contribution < -0.4 is 16.4 Å². The number of aliphatic imine (C=N–C) groups is 1. The molecule has 1 saturated carbocycles. The molecule has 5 nitrogen and oxygen atoms in total. The van der Waals surface area contributed by atoms with Gasteiger partial charge in [-0.15, -0.1) is 5.73 Å². The third kappa shape index (κ3) is 4.55. The maximum atomic E-state index is 11.1. The molecule has 0 aromatic heterocycles. The van der Waals surface area contributed by atoms with Crippen LogP contribution in [0.1, 0.15) is 46.5 Å². The van der Waals surface area contributed by atoms with Crippen molar-refractivity contribution >= 4 is 5.84 Å². The third-order valence-electron chi connectivity index (χ3n) is 6.28. The fourth-order valence-electron chi connectivity index (χ4n) is 4.72. The van der Waals surface area contributed by atoms with Gasteiger partial charge in [-0.05, 0) is 70.6 Å². The Labute approximate surface area is 163 Å². The molecule has 148 valence electrons. The smallest absolute Gasteiger partial charge is 0.0909 e. The van der Waals surface area contributed by atoms with Gasteiger partial charge in [-0.2, -0.15) is 0 Å². The molecule has 27 heavy (non-hydrogen) atoms. The molecule has 0 radical (unpaired) electrons. The molecule has 0 spiro atoms. The van der Waals surface area contributed by atoms with E-state index in [-0.39, 0.29) is 23.9 Å². The average molecular weight is 371 g/mol. The van der Waals surface area contributed by atoms with Crippen molar-refractivity contribution in [3.05, 3.63) is 41.3 Å². The van der Waals surface area contributed by atoms with Gasteiger partial charge in [0.05, 0.1) is 23.5 Å². The van der Waals surface area contributed by atoms with E-state index in [1.807, 2.05) is 6.92 Å². The molecule has 1 saturated heterocycles. The van der Waals surface area contributed by atoms with Gasteiger partial charge >= 0.3 is 0 Å². The molecule has 0 bridgehead atoms. The summed E-state index contributed by atoms with van der Waals surface area (Å²) < 4.78 is 0. The second-order valence-electron chi connectivity index (χ2n) is 8.47. The highest BCUT2D eigenvalue weighted by Crippen LogP contribution is 2.42. The number of β-amino-alcohol motifs (C(OH)–C–C–N with tert-alkyl or cyclic N) is 1. The highest BCUT2D eigenvalue weighted by atomic mass is 16.3. The summed E-state index contributed by atoms with van der Waals surface area (Å²) >= 11 is 0. The van der Waals surface area contributed by atoms with Crippen LogP contribution in [0.15, 0.2) is 46.3 Å². The molecule has 5 unspecified atom stereocenters. The van der Waals surface area contributed by atoms with Crippen LogP contribution in [-0.2, 0) is 0 Å². The fourth-order valence-corrected chi connectivity index (χ4v) is 4.72. The normalized spacial score (nSPS) is 35.0. The lowest BCUT2D eigenvalue weighted by Crippen LogP contribution is -2.46. The molecule has 5 N–H and O–H groups in total. The number of nitrogens with two attached hydrogens (primary N) is 1. The number of amidine groups is 1. The minimum atomic E-state index is -0.604. The van der Waals surface area contributed by atoms with Gasteiger partial charge in [0.1, 0.15) is 0 Å². The summed E-state index contributed by atoms with van der Waals surface area (Å²) in [4.78, 5) is 4.70. The Hall–Kier alpha value is -1.81. The Kier molecular flexibility index (Phi) is 5.95. The molecule has 0 amide bonds. The zero-order valence-electron chi connectivity index (χ0n) is 16.9. The number of aliphatic hydroxyl groups is 1. The Morgan fingerprint density at radius 1 is 1.48 bits per heavy atom. The number of hydrogen-bond acceptors (Lipinski definition) is 4. The van der Waals surface area contributed by atoms with Crippen LogP contribution in [0.3, 0.4) is 0 Å². The Morgan fingerprint density at radius 2 is 2.26 bits per heavy atom. The molecule has 2 fully saturated rings. The predicted octanol–water partition coefficient (Wildman–Crippen LogP) is 2.41. The lowest BCUT2D eigenvalue weighted by atomic mass is 9.69. The molecule has 3 aliphatic rings. The first-order chi connectivity index (χ1) is 12.8. The van der Waals surface area contributed by atoms with E-state index in [2.05, 4.69) is 48.9 Å². The van der Waals surface area contributed by atoms with Gasteiger partial charge < -0.3 is 21.5 Å². The van der Waals surface area contributed by atoms with E-state index in [4.69, 9.17) is 10.7 Å². The first-order valence-corrected chi connectivity index (χ1v) is 10.1. The number of allylic oxidation sites excluding steroid dienone is 1. The molecule has 5 heteroatoms. The van der Waals surface area contributed by atoms with Crippen LogP contribution in [0.2, 0.25) is 0 Å². The molecule has 1 heterocycles. The monoisotopic (exact) mass is 370 g/mol. The summed E-state index contributed by atoms with van der Waals surface area (Å²) in [5.74, 6) is 1.06. The van der Waals surface area contributed by atoms with Crippen molar-refractivity contribution in [3.63, 3.8) is 0 Å². The number of nitrogens with zero attached hydrogens (tertiary/aromatic N) is 1. The van der Waals surface area contributed by atoms with Gasteiger partial charge in [-0.25, -0.2) is 0 Å². The van der Waals surface area contributed by atoms with Gasteiger partial charge in [0.15, 0.2) is 0 Å². The van der Waals surface area contributed by atoms with E-state index in [0.717, 1.165) is 49.1 Å². The van der Waals surface area contributed by atoms with Crippen LogP contribution in [-0.4, -0.2) is 41.7 Å². The second kappa shape index (κ2) is 8.05. The first kappa shape index (κ1) is 19.9. The molecular weight excluding hydrogens is 336 g/mol. The van der Waals surface area contributed by atoms with Gasteiger partial charge in [0.2, 0.25) is 0 Å². The summed E-state index contributed by atoms with van der Waals surface area (Å²) in [6.07, 6.45) is 7.82. The molecule has 0 aromatic rings. The Bertz CT molecular complexity index is 704. The zero-order chi connectivity index (χ0) is 19.6. The summed E-state index contributed by atoms with van der Waals surface area (Å²) in [7, 11) is 0. The van der Waals surface area contributed by atoms with Gasteiger partial charge in [0.25, 0.3) is 0 Å². The van der Waals surface area contributed by atoms with Gasteiger partial charge in [-0.1, -0.05) is 12.7 Å². The van der Waals surface area contributed by atoms with Gasteiger partial charge in [0, 0.05) is 23.7 Å². The van der Waals surface area contributed by atoms with E-state index >= 15 is 0 Å². The predicted molar refractivity (Wildman–Crippen MR) is 111 cm³/mol. The van der Waals surface area contributed by atoms with Crippen molar-refractivity contribution in [2.75, 3.05) is 13.1 Å². The number of hydrogen-bond donors (Lipinski definition) is 4. The minimum Gasteiger partial charge on any atom is -0.388 e. The van der Waals surface area contributed by atoms with E-state index in [1.165, 1.54) is 0 Å².